The average molecular weight is 735 g/mol. The molecule has 4 aromatic rings. The molecule has 262 valence electrons. The molecule has 3 aliphatic rings. The first-order chi connectivity index (χ1) is 22.2. The molecule has 4 aromatic heterocycles. The number of hydrogen-bond donors (Lipinski definition) is 0. The van der Waals surface area contributed by atoms with Crippen molar-refractivity contribution >= 4 is 64.6 Å². The van der Waals surface area contributed by atoms with Gasteiger partial charge in [0.1, 0.15) is 0 Å². The lowest BCUT2D eigenvalue weighted by molar-refractivity contribution is 0.00578. The number of aromatic nitrogens is 4. The highest BCUT2D eigenvalue weighted by Gasteiger charge is 2.63. The first-order valence-electron chi connectivity index (χ1n) is 16.3. The van der Waals surface area contributed by atoms with E-state index in [1.807, 2.05) is 91.8 Å². The number of halogens is 1. The van der Waals surface area contributed by atoms with Crippen LogP contribution < -0.4 is 5.46 Å². The van der Waals surface area contributed by atoms with Crippen LogP contribution in [0.15, 0.2) is 65.7 Å². The summed E-state index contributed by atoms with van der Waals surface area (Å²) < 4.78 is 37.0. The van der Waals surface area contributed by atoms with Crippen LogP contribution in [-0.2, 0) is 27.9 Å². The van der Waals surface area contributed by atoms with Crippen molar-refractivity contribution in [1.82, 2.24) is 19.9 Å². The Labute approximate surface area is 301 Å². The van der Waals surface area contributed by atoms with Gasteiger partial charge in [-0.1, -0.05) is 13.5 Å². The first-order valence-corrected chi connectivity index (χ1v) is 17.1. The third-order valence-corrected chi connectivity index (χ3v) is 11.0. The largest absolute Gasteiger partial charge is 0.495 e. The van der Waals surface area contributed by atoms with E-state index in [1.54, 1.807) is 24.8 Å². The molecule has 7 rings (SSSR count). The third kappa shape index (κ3) is 7.91. The van der Waals surface area contributed by atoms with Crippen LogP contribution in [0.1, 0.15) is 90.5 Å². The number of hydrogen-bond acceptors (Lipinski definition) is 10. The van der Waals surface area contributed by atoms with Crippen LogP contribution in [0.4, 0.5) is 0 Å². The van der Waals surface area contributed by atoms with Crippen molar-refractivity contribution in [2.75, 3.05) is 0 Å². The molecule has 49 heavy (non-hydrogen) atoms. The molecule has 3 fully saturated rings. The minimum absolute atomic E-state index is 0. The molecule has 10 nitrogen and oxygen atoms in total. The minimum atomic E-state index is -0.476. The fourth-order valence-corrected chi connectivity index (χ4v) is 5.56. The van der Waals surface area contributed by atoms with E-state index in [0.717, 1.165) is 32.0 Å². The van der Waals surface area contributed by atoms with Crippen LogP contribution >= 0.6 is 15.9 Å². The molecule has 0 spiro atoms. The Morgan fingerprint density at radius 1 is 0.469 bits per heavy atom. The Balaban J connectivity index is 0.000000169. The van der Waals surface area contributed by atoms with Gasteiger partial charge in [-0.3, -0.25) is 0 Å². The van der Waals surface area contributed by atoms with Crippen molar-refractivity contribution in [2.45, 2.75) is 124 Å². The smallest absolute Gasteiger partial charge is 0.405 e. The molecule has 0 atom stereocenters. The van der Waals surface area contributed by atoms with Crippen LogP contribution in [0.2, 0.25) is 0 Å². The maximum absolute atomic E-state index is 6.08. The van der Waals surface area contributed by atoms with Gasteiger partial charge in [-0.15, -0.1) is 0 Å². The summed E-state index contributed by atoms with van der Waals surface area (Å²) in [7, 11) is -1.33. The van der Waals surface area contributed by atoms with Gasteiger partial charge in [0.25, 0.3) is 0 Å². The Bertz CT molecular complexity index is 1680. The molecule has 0 aromatic carbocycles. The summed E-state index contributed by atoms with van der Waals surface area (Å²) in [5.74, 6) is 0. The van der Waals surface area contributed by atoms with E-state index in [1.165, 1.54) is 0 Å². The zero-order valence-corrected chi connectivity index (χ0v) is 31.7. The lowest BCUT2D eigenvalue weighted by Crippen LogP contribution is -2.41. The third-order valence-electron chi connectivity index (χ3n) is 10.3. The highest BCUT2D eigenvalue weighted by molar-refractivity contribution is 9.10. The van der Waals surface area contributed by atoms with Crippen molar-refractivity contribution in [3.8, 4) is 0 Å². The van der Waals surface area contributed by atoms with E-state index < -0.39 is 14.0 Å². The Morgan fingerprint density at radius 2 is 0.816 bits per heavy atom. The molecule has 0 amide bonds. The van der Waals surface area contributed by atoms with Crippen LogP contribution in [0.5, 0.6) is 0 Å². The van der Waals surface area contributed by atoms with Gasteiger partial charge < -0.3 is 27.9 Å². The Kier molecular flexibility index (Phi) is 11.2. The quantitative estimate of drug-likeness (QED) is 0.196. The molecule has 0 saturated carbocycles. The first kappa shape index (κ1) is 39.3. The number of fused-ring (bicyclic) bond motifs is 2. The summed E-state index contributed by atoms with van der Waals surface area (Å²) in [6.45, 7) is 24.4. The van der Waals surface area contributed by atoms with E-state index in [9.17, 15) is 0 Å². The molecule has 0 unspecified atom stereocenters. The number of rotatable bonds is 2. The van der Waals surface area contributed by atoms with Crippen LogP contribution in [0.3, 0.4) is 0 Å². The fourth-order valence-electron chi connectivity index (χ4n) is 5.13. The number of nitrogens with zero attached hydrogens (tertiary/aromatic N) is 4. The molecule has 3 aliphatic heterocycles. The van der Waals surface area contributed by atoms with Gasteiger partial charge in [0.15, 0.2) is 11.3 Å². The SMILES string of the molecule is Brc1ccnc2ncccc12.C.CC1(C)OB(B2OC(C)(C)C(C)(C)O2)OC1(C)C.CC1(C)OB(c2ccnc3ncccc23)OC1(C)C. The highest BCUT2D eigenvalue weighted by Crippen LogP contribution is 2.43. The zero-order chi connectivity index (χ0) is 35.3. The van der Waals surface area contributed by atoms with Gasteiger partial charge in [0.2, 0.25) is 0 Å². The van der Waals surface area contributed by atoms with Gasteiger partial charge in [0.05, 0.1) is 33.6 Å². The van der Waals surface area contributed by atoms with E-state index in [2.05, 4.69) is 63.6 Å². The summed E-state index contributed by atoms with van der Waals surface area (Å²) in [5, 5.41) is 2.03. The van der Waals surface area contributed by atoms with Crippen LogP contribution in [0, 0.1) is 0 Å². The molecular weight excluding hydrogens is 685 g/mol. The van der Waals surface area contributed by atoms with Gasteiger partial charge in [-0.2, -0.15) is 0 Å². The molecule has 0 radical (unpaired) electrons. The van der Waals surface area contributed by atoms with Crippen molar-refractivity contribution in [3.63, 3.8) is 0 Å². The van der Waals surface area contributed by atoms with Gasteiger partial charge >= 0.3 is 21.1 Å². The maximum atomic E-state index is 6.08. The summed E-state index contributed by atoms with van der Waals surface area (Å²) in [6.07, 6.45) is 6.96. The second kappa shape index (κ2) is 13.9. The number of pyridine rings is 4. The monoisotopic (exact) mass is 734 g/mol. The van der Waals surface area contributed by atoms with Crippen molar-refractivity contribution in [3.05, 3.63) is 65.7 Å². The van der Waals surface area contributed by atoms with Gasteiger partial charge in [0, 0.05) is 40.0 Å². The normalized spacial score (nSPS) is 22.2. The summed E-state index contributed by atoms with van der Waals surface area (Å²) in [5.41, 5.74) is 0.365. The van der Waals surface area contributed by atoms with Crippen molar-refractivity contribution < 1.29 is 27.9 Å². The summed E-state index contributed by atoms with van der Waals surface area (Å²) in [6, 6.07) is 11.6. The van der Waals surface area contributed by atoms with E-state index >= 15 is 0 Å². The van der Waals surface area contributed by atoms with Crippen molar-refractivity contribution in [1.29, 1.82) is 0 Å². The average Bonchev–Trinajstić information content (AvgIpc) is 3.47. The maximum Gasteiger partial charge on any atom is 0.495 e. The molecule has 7 heterocycles. The molecular formula is C35H50B3BrN4O6. The van der Waals surface area contributed by atoms with E-state index in [4.69, 9.17) is 27.9 Å². The minimum Gasteiger partial charge on any atom is -0.405 e. The van der Waals surface area contributed by atoms with Crippen LogP contribution in [-0.4, -0.2) is 74.7 Å². The topological polar surface area (TPSA) is 107 Å². The van der Waals surface area contributed by atoms with Gasteiger partial charge in [-0.25, -0.2) is 19.9 Å². The van der Waals surface area contributed by atoms with Crippen molar-refractivity contribution in [2.24, 2.45) is 0 Å². The summed E-state index contributed by atoms with van der Waals surface area (Å²) in [4.78, 5) is 16.7. The summed E-state index contributed by atoms with van der Waals surface area (Å²) >= 11 is 3.42. The van der Waals surface area contributed by atoms with E-state index in [0.29, 0.717) is 0 Å². The Morgan fingerprint density at radius 3 is 1.24 bits per heavy atom. The highest BCUT2D eigenvalue weighted by atomic mass is 79.9. The molecule has 0 N–H and O–H groups in total. The molecule has 0 aliphatic carbocycles. The van der Waals surface area contributed by atoms with Crippen LogP contribution in [0.25, 0.3) is 22.1 Å². The standard InChI is InChI=1S/C14H17BN2O2.C12H24B2O4.C8H5BrN2.CH4/c1-13(2)14(3,4)19-15(18-13)11-7-9-17-12-10(11)6-5-8-16-12;1-9(2)10(3,4)16-13(15-9)14-17-11(5,6)12(7,8)18-14;9-7-3-5-11-8-6(7)2-1-4-10-8;/h5-9H,1-4H3;1-8H3;1-5H;1H4. The van der Waals surface area contributed by atoms with E-state index in [-0.39, 0.29) is 48.2 Å². The lowest BCUT2D eigenvalue weighted by atomic mass is 9.49. The fraction of sp³-hybridized carbons (Fsp3) is 0.543. The Hall–Kier alpha value is -2.45. The second-order valence-corrected chi connectivity index (χ2v) is 16.1. The second-order valence-electron chi connectivity index (χ2n) is 15.3. The van der Waals surface area contributed by atoms with Gasteiger partial charge in [-0.05, 0) is 135 Å². The predicted octanol–water partition coefficient (Wildman–Crippen LogP) is 7.21. The predicted molar refractivity (Wildman–Crippen MR) is 201 cm³/mol. The molecule has 0 bridgehead atoms. The molecule has 14 heteroatoms. The molecule has 3 saturated heterocycles. The zero-order valence-electron chi connectivity index (χ0n) is 30.1. The lowest BCUT2D eigenvalue weighted by Gasteiger charge is -2.32.